The minimum Gasteiger partial charge on any atom is -0.353 e. The van der Waals surface area contributed by atoms with E-state index < -0.39 is 0 Å². The Labute approximate surface area is 124 Å². The van der Waals surface area contributed by atoms with Gasteiger partial charge in [-0.25, -0.2) is 0 Å². The van der Waals surface area contributed by atoms with Crippen LogP contribution in [0.2, 0.25) is 0 Å². The van der Waals surface area contributed by atoms with Gasteiger partial charge in [0.2, 0.25) is 5.91 Å². The molecule has 5 nitrogen and oxygen atoms in total. The maximum Gasteiger partial charge on any atom is 0.230 e. The van der Waals surface area contributed by atoms with Gasteiger partial charge in [0.15, 0.2) is 5.16 Å². The van der Waals surface area contributed by atoms with Crippen molar-refractivity contribution < 1.29 is 4.79 Å². The Bertz CT molecular complexity index is 468. The molecule has 1 amide bonds. The highest BCUT2D eigenvalue weighted by Gasteiger charge is 2.30. The third-order valence-electron chi connectivity index (χ3n) is 3.73. The molecule has 1 saturated carbocycles. The van der Waals surface area contributed by atoms with Gasteiger partial charge in [-0.05, 0) is 32.6 Å². The van der Waals surface area contributed by atoms with Crippen molar-refractivity contribution in [1.29, 1.82) is 0 Å². The van der Waals surface area contributed by atoms with Crippen LogP contribution in [0.1, 0.15) is 52.3 Å². The van der Waals surface area contributed by atoms with Gasteiger partial charge in [0, 0.05) is 18.5 Å². The Morgan fingerprint density at radius 3 is 2.65 bits per heavy atom. The van der Waals surface area contributed by atoms with Crippen molar-refractivity contribution in [1.82, 2.24) is 20.1 Å². The first-order valence-corrected chi connectivity index (χ1v) is 8.36. The summed E-state index contributed by atoms with van der Waals surface area (Å²) in [6.07, 6.45) is 2.43. The maximum absolute atomic E-state index is 11.9. The molecule has 1 N–H and O–H groups in total. The topological polar surface area (TPSA) is 59.8 Å². The molecule has 1 atom stereocenters. The zero-order valence-corrected chi connectivity index (χ0v) is 13.5. The van der Waals surface area contributed by atoms with Crippen LogP contribution in [0.3, 0.4) is 0 Å². The van der Waals surface area contributed by atoms with E-state index in [0.717, 1.165) is 17.5 Å². The lowest BCUT2D eigenvalue weighted by atomic mass is 10.1. The van der Waals surface area contributed by atoms with E-state index in [4.69, 9.17) is 0 Å². The van der Waals surface area contributed by atoms with E-state index in [0.29, 0.717) is 17.6 Å². The number of nitrogens with one attached hydrogen (secondary N) is 1. The van der Waals surface area contributed by atoms with Gasteiger partial charge in [-0.3, -0.25) is 4.79 Å². The first-order valence-electron chi connectivity index (χ1n) is 7.38. The molecule has 0 bridgehead atoms. The summed E-state index contributed by atoms with van der Waals surface area (Å²) in [5.41, 5.74) is 0. The number of thioether (sulfide) groups is 1. The molecule has 0 radical (unpaired) electrons. The Balaban J connectivity index is 1.89. The maximum atomic E-state index is 11.9. The van der Waals surface area contributed by atoms with Crippen LogP contribution in [0.25, 0.3) is 0 Å². The molecule has 0 saturated heterocycles. The van der Waals surface area contributed by atoms with Crippen molar-refractivity contribution in [2.75, 3.05) is 5.75 Å². The quantitative estimate of drug-likeness (QED) is 0.785. The lowest BCUT2D eigenvalue weighted by Gasteiger charge is -2.17. The average Bonchev–Trinajstić information content (AvgIpc) is 3.16. The third-order valence-corrected chi connectivity index (χ3v) is 4.69. The highest BCUT2D eigenvalue weighted by Crippen LogP contribution is 2.39. The fraction of sp³-hybridized carbons (Fsp3) is 0.786. The number of rotatable bonds is 7. The van der Waals surface area contributed by atoms with Gasteiger partial charge in [-0.1, -0.05) is 25.6 Å². The third kappa shape index (κ3) is 3.75. The second-order valence-electron chi connectivity index (χ2n) is 5.75. The Morgan fingerprint density at radius 1 is 1.40 bits per heavy atom. The van der Waals surface area contributed by atoms with Crippen LogP contribution in [0, 0.1) is 5.92 Å². The summed E-state index contributed by atoms with van der Waals surface area (Å²) in [6, 6.07) is 0.203. The Kier molecular flexibility index (Phi) is 5.07. The molecule has 0 aromatic carbocycles. The molecule has 1 aliphatic rings. The number of carbonyl (C=O) groups is 1. The lowest BCUT2D eigenvalue weighted by molar-refractivity contribution is -0.119. The summed E-state index contributed by atoms with van der Waals surface area (Å²) in [7, 11) is 0. The fourth-order valence-electron chi connectivity index (χ4n) is 1.94. The molecule has 20 heavy (non-hydrogen) atoms. The minimum atomic E-state index is 0.0647. The van der Waals surface area contributed by atoms with Crippen molar-refractivity contribution >= 4 is 17.7 Å². The molecule has 1 heterocycles. The van der Waals surface area contributed by atoms with E-state index in [-0.39, 0.29) is 11.9 Å². The summed E-state index contributed by atoms with van der Waals surface area (Å²) in [5, 5.41) is 12.4. The molecule has 1 fully saturated rings. The highest BCUT2D eigenvalue weighted by atomic mass is 32.2. The monoisotopic (exact) mass is 296 g/mol. The van der Waals surface area contributed by atoms with Crippen molar-refractivity contribution in [3.8, 4) is 0 Å². The Morgan fingerprint density at radius 2 is 2.10 bits per heavy atom. The van der Waals surface area contributed by atoms with Gasteiger partial charge < -0.3 is 9.88 Å². The number of aromatic nitrogens is 3. The molecule has 2 rings (SSSR count). The molecule has 6 heteroatoms. The average molecular weight is 296 g/mol. The van der Waals surface area contributed by atoms with Crippen LogP contribution in [0.5, 0.6) is 0 Å². The van der Waals surface area contributed by atoms with E-state index in [1.807, 2.05) is 6.92 Å². The summed E-state index contributed by atoms with van der Waals surface area (Å²) in [5.74, 6) is 2.59. The number of hydrogen-bond donors (Lipinski definition) is 1. The summed E-state index contributed by atoms with van der Waals surface area (Å²) >= 11 is 1.48. The van der Waals surface area contributed by atoms with Gasteiger partial charge in [-0.2, -0.15) is 0 Å². The first-order chi connectivity index (χ1) is 9.52. The van der Waals surface area contributed by atoms with Gasteiger partial charge in [0.25, 0.3) is 0 Å². The molecule has 112 valence electrons. The van der Waals surface area contributed by atoms with Crippen LogP contribution < -0.4 is 5.32 Å². The molecule has 1 unspecified atom stereocenters. The second-order valence-corrected chi connectivity index (χ2v) is 6.69. The van der Waals surface area contributed by atoms with Gasteiger partial charge >= 0.3 is 0 Å². The number of amides is 1. The molecular weight excluding hydrogens is 272 g/mol. The zero-order valence-electron chi connectivity index (χ0n) is 12.7. The lowest BCUT2D eigenvalue weighted by Crippen LogP contribution is -2.37. The van der Waals surface area contributed by atoms with Gasteiger partial charge in [0.05, 0.1) is 5.75 Å². The fourth-order valence-corrected chi connectivity index (χ4v) is 2.76. The Hall–Kier alpha value is -1.04. The van der Waals surface area contributed by atoms with E-state index in [1.165, 1.54) is 24.6 Å². The van der Waals surface area contributed by atoms with Crippen LogP contribution in [-0.4, -0.2) is 32.5 Å². The SMILES string of the molecule is CCn1c(SCC(=O)NC(C)C(C)C)nnc1C1CC1. The molecule has 1 aliphatic carbocycles. The normalized spacial score (nSPS) is 16.4. The zero-order chi connectivity index (χ0) is 14.7. The van der Waals surface area contributed by atoms with Crippen LogP contribution in [0.15, 0.2) is 5.16 Å². The van der Waals surface area contributed by atoms with Crippen molar-refractivity contribution in [2.45, 2.75) is 64.2 Å². The van der Waals surface area contributed by atoms with Crippen LogP contribution in [0.4, 0.5) is 0 Å². The van der Waals surface area contributed by atoms with E-state index in [2.05, 4.69) is 40.9 Å². The van der Waals surface area contributed by atoms with Gasteiger partial charge in [0.1, 0.15) is 5.82 Å². The second kappa shape index (κ2) is 6.61. The standard InChI is InChI=1S/C14H24N4OS/c1-5-18-13(11-6-7-11)16-17-14(18)20-8-12(19)15-10(4)9(2)3/h9-11H,5-8H2,1-4H3,(H,15,19). The largest absolute Gasteiger partial charge is 0.353 e. The van der Waals surface area contributed by atoms with Crippen LogP contribution in [-0.2, 0) is 11.3 Å². The summed E-state index contributed by atoms with van der Waals surface area (Å²) < 4.78 is 2.14. The molecule has 1 aromatic rings. The minimum absolute atomic E-state index is 0.0647. The number of nitrogens with zero attached hydrogens (tertiary/aromatic N) is 3. The molecule has 0 spiro atoms. The van der Waals surface area contributed by atoms with E-state index in [9.17, 15) is 4.79 Å². The van der Waals surface area contributed by atoms with Gasteiger partial charge in [-0.15, -0.1) is 10.2 Å². The first kappa shape index (κ1) is 15.4. The van der Waals surface area contributed by atoms with Crippen molar-refractivity contribution in [3.05, 3.63) is 5.82 Å². The smallest absolute Gasteiger partial charge is 0.230 e. The molecular formula is C14H24N4OS. The predicted molar refractivity (Wildman–Crippen MR) is 80.8 cm³/mol. The van der Waals surface area contributed by atoms with Crippen LogP contribution >= 0.6 is 11.8 Å². The predicted octanol–water partition coefficient (Wildman–Crippen LogP) is 2.43. The van der Waals surface area contributed by atoms with Crippen molar-refractivity contribution in [3.63, 3.8) is 0 Å². The molecule has 0 aliphatic heterocycles. The summed E-state index contributed by atoms with van der Waals surface area (Å²) in [4.78, 5) is 11.9. The summed E-state index contributed by atoms with van der Waals surface area (Å²) in [6.45, 7) is 9.21. The molecule has 1 aromatic heterocycles. The van der Waals surface area contributed by atoms with Crippen molar-refractivity contribution in [2.24, 2.45) is 5.92 Å². The van der Waals surface area contributed by atoms with E-state index in [1.54, 1.807) is 0 Å². The van der Waals surface area contributed by atoms with E-state index >= 15 is 0 Å². The number of hydrogen-bond acceptors (Lipinski definition) is 4. The highest BCUT2D eigenvalue weighted by molar-refractivity contribution is 7.99. The number of carbonyl (C=O) groups excluding carboxylic acids is 1.